The van der Waals surface area contributed by atoms with Crippen molar-refractivity contribution in [3.63, 3.8) is 0 Å². The Labute approximate surface area is 120 Å². The van der Waals surface area contributed by atoms with Crippen LogP contribution in [-0.2, 0) is 6.54 Å². The molecular weight excluding hydrogens is 258 g/mol. The highest BCUT2D eigenvalue weighted by Gasteiger charge is 2.32. The van der Waals surface area contributed by atoms with Gasteiger partial charge in [0.25, 0.3) is 0 Å². The van der Waals surface area contributed by atoms with Gasteiger partial charge in [-0.2, -0.15) is 16.9 Å². The summed E-state index contributed by atoms with van der Waals surface area (Å²) in [7, 11) is 0. The third-order valence-electron chi connectivity index (χ3n) is 3.99. The van der Waals surface area contributed by atoms with Gasteiger partial charge in [0.2, 0.25) is 0 Å². The zero-order valence-corrected chi connectivity index (χ0v) is 13.2. The van der Waals surface area contributed by atoms with Gasteiger partial charge in [-0.1, -0.05) is 0 Å². The van der Waals surface area contributed by atoms with Crippen molar-refractivity contribution >= 4 is 11.8 Å². The first kappa shape index (κ1) is 14.9. The summed E-state index contributed by atoms with van der Waals surface area (Å²) in [5, 5.41) is 18.4. The lowest BCUT2D eigenvalue weighted by Gasteiger charge is -2.25. The van der Waals surface area contributed by atoms with Crippen LogP contribution >= 0.6 is 11.8 Å². The maximum atomic E-state index is 10.4. The molecule has 0 spiro atoms. The third kappa shape index (κ3) is 3.15. The molecule has 0 saturated carbocycles. The predicted molar refractivity (Wildman–Crippen MR) is 80.7 cm³/mol. The van der Waals surface area contributed by atoms with Gasteiger partial charge in [-0.15, -0.1) is 0 Å². The number of aryl methyl sites for hydroxylation is 2. The molecule has 0 amide bonds. The Morgan fingerprint density at radius 3 is 2.79 bits per heavy atom. The van der Waals surface area contributed by atoms with E-state index < -0.39 is 5.60 Å². The second-order valence-corrected chi connectivity index (χ2v) is 6.63. The predicted octanol–water partition coefficient (Wildman–Crippen LogP) is 2.04. The summed E-state index contributed by atoms with van der Waals surface area (Å²) in [5.41, 5.74) is 3.07. The Balaban J connectivity index is 2.03. The highest BCUT2D eigenvalue weighted by molar-refractivity contribution is 7.99. The SMILES string of the molecule is CCn1nc(C)c(C(C)NCC2(O)CCSC2)c1C. The Morgan fingerprint density at radius 1 is 1.53 bits per heavy atom. The number of aliphatic hydroxyl groups is 1. The number of rotatable bonds is 5. The van der Waals surface area contributed by atoms with Crippen LogP contribution in [0.2, 0.25) is 0 Å². The minimum absolute atomic E-state index is 0.231. The molecule has 1 aliphatic heterocycles. The molecule has 2 atom stereocenters. The average Bonchev–Trinajstić information content (AvgIpc) is 2.92. The van der Waals surface area contributed by atoms with E-state index in [4.69, 9.17) is 0 Å². The second-order valence-electron chi connectivity index (χ2n) is 5.53. The van der Waals surface area contributed by atoms with Crippen molar-refractivity contribution in [2.45, 2.75) is 52.3 Å². The largest absolute Gasteiger partial charge is 0.388 e. The van der Waals surface area contributed by atoms with E-state index in [1.54, 1.807) is 0 Å². The smallest absolute Gasteiger partial charge is 0.0869 e. The summed E-state index contributed by atoms with van der Waals surface area (Å²) < 4.78 is 2.04. The topological polar surface area (TPSA) is 50.1 Å². The van der Waals surface area contributed by atoms with Gasteiger partial charge in [-0.05, 0) is 39.9 Å². The number of thioether (sulfide) groups is 1. The van der Waals surface area contributed by atoms with Crippen LogP contribution in [0, 0.1) is 13.8 Å². The van der Waals surface area contributed by atoms with Crippen molar-refractivity contribution in [2.24, 2.45) is 0 Å². The van der Waals surface area contributed by atoms with Crippen LogP contribution in [0.4, 0.5) is 0 Å². The molecule has 0 bridgehead atoms. The first-order chi connectivity index (χ1) is 8.97. The summed E-state index contributed by atoms with van der Waals surface area (Å²) in [6.45, 7) is 10.0. The minimum atomic E-state index is -0.526. The zero-order valence-electron chi connectivity index (χ0n) is 12.4. The molecule has 5 heteroatoms. The second kappa shape index (κ2) is 5.85. The molecule has 2 rings (SSSR count). The van der Waals surface area contributed by atoms with Crippen molar-refractivity contribution in [1.29, 1.82) is 0 Å². The summed E-state index contributed by atoms with van der Waals surface area (Å²) in [6, 6.07) is 0.231. The molecule has 0 aliphatic carbocycles. The van der Waals surface area contributed by atoms with Gasteiger partial charge in [0, 0.05) is 36.1 Å². The molecule has 1 saturated heterocycles. The van der Waals surface area contributed by atoms with E-state index in [0.29, 0.717) is 6.54 Å². The Morgan fingerprint density at radius 2 is 2.26 bits per heavy atom. The van der Waals surface area contributed by atoms with Crippen LogP contribution in [0.25, 0.3) is 0 Å². The van der Waals surface area contributed by atoms with Crippen molar-refractivity contribution in [2.75, 3.05) is 18.1 Å². The van der Waals surface area contributed by atoms with Crippen LogP contribution in [0.1, 0.15) is 43.3 Å². The standard InChI is InChI=1S/C14H25N3OS/c1-5-17-12(4)13(11(3)16-17)10(2)15-8-14(18)6-7-19-9-14/h10,15,18H,5-9H2,1-4H3. The molecule has 0 radical (unpaired) electrons. The van der Waals surface area contributed by atoms with Gasteiger partial charge in [0.1, 0.15) is 0 Å². The molecule has 2 N–H and O–H groups in total. The summed E-state index contributed by atoms with van der Waals surface area (Å²) in [6.07, 6.45) is 0.892. The molecular formula is C14H25N3OS. The van der Waals surface area contributed by atoms with Crippen molar-refractivity contribution < 1.29 is 5.11 Å². The van der Waals surface area contributed by atoms with Crippen molar-refractivity contribution in [3.8, 4) is 0 Å². The molecule has 1 aromatic rings. The molecule has 2 heterocycles. The average molecular weight is 283 g/mol. The Hall–Kier alpha value is -0.520. The first-order valence-corrected chi connectivity index (χ1v) is 8.20. The lowest BCUT2D eigenvalue weighted by molar-refractivity contribution is 0.0651. The number of nitrogens with one attached hydrogen (secondary N) is 1. The number of aromatic nitrogens is 2. The van der Waals surface area contributed by atoms with E-state index in [9.17, 15) is 5.11 Å². The van der Waals surface area contributed by atoms with Gasteiger partial charge in [0.15, 0.2) is 0 Å². The third-order valence-corrected chi connectivity index (χ3v) is 5.22. The monoisotopic (exact) mass is 283 g/mol. The van der Waals surface area contributed by atoms with E-state index in [1.807, 2.05) is 16.4 Å². The Kier molecular flexibility index (Phi) is 4.58. The summed E-state index contributed by atoms with van der Waals surface area (Å²) >= 11 is 1.84. The van der Waals surface area contributed by atoms with E-state index in [0.717, 1.165) is 30.2 Å². The first-order valence-electron chi connectivity index (χ1n) is 7.04. The van der Waals surface area contributed by atoms with Crippen molar-refractivity contribution in [3.05, 3.63) is 17.0 Å². The van der Waals surface area contributed by atoms with E-state index in [1.165, 1.54) is 11.3 Å². The maximum Gasteiger partial charge on any atom is 0.0869 e. The molecule has 19 heavy (non-hydrogen) atoms. The highest BCUT2D eigenvalue weighted by atomic mass is 32.2. The lowest BCUT2D eigenvalue weighted by Crippen LogP contribution is -2.41. The Bertz CT molecular complexity index is 438. The van der Waals surface area contributed by atoms with Gasteiger partial charge in [-0.25, -0.2) is 0 Å². The highest BCUT2D eigenvalue weighted by Crippen LogP contribution is 2.28. The van der Waals surface area contributed by atoms with Crippen LogP contribution in [0.3, 0.4) is 0 Å². The summed E-state index contributed by atoms with van der Waals surface area (Å²) in [5.74, 6) is 1.91. The van der Waals surface area contributed by atoms with Crippen LogP contribution in [0.5, 0.6) is 0 Å². The molecule has 0 aromatic carbocycles. The minimum Gasteiger partial charge on any atom is -0.388 e. The molecule has 108 valence electrons. The van der Waals surface area contributed by atoms with E-state index in [2.05, 4.69) is 38.1 Å². The maximum absolute atomic E-state index is 10.4. The summed E-state index contributed by atoms with van der Waals surface area (Å²) in [4.78, 5) is 0. The molecule has 1 fully saturated rings. The molecule has 4 nitrogen and oxygen atoms in total. The van der Waals surface area contributed by atoms with Gasteiger partial charge in [0.05, 0.1) is 11.3 Å². The zero-order chi connectivity index (χ0) is 14.0. The molecule has 2 unspecified atom stereocenters. The van der Waals surface area contributed by atoms with Crippen LogP contribution < -0.4 is 5.32 Å². The molecule has 1 aromatic heterocycles. The number of hydrogen-bond acceptors (Lipinski definition) is 4. The molecule has 1 aliphatic rings. The fourth-order valence-corrected chi connectivity index (χ4v) is 4.12. The lowest BCUT2D eigenvalue weighted by atomic mass is 10.0. The fourth-order valence-electron chi connectivity index (χ4n) is 2.83. The fraction of sp³-hybridized carbons (Fsp3) is 0.786. The van der Waals surface area contributed by atoms with Crippen molar-refractivity contribution in [1.82, 2.24) is 15.1 Å². The van der Waals surface area contributed by atoms with Crippen LogP contribution in [0.15, 0.2) is 0 Å². The van der Waals surface area contributed by atoms with E-state index in [-0.39, 0.29) is 6.04 Å². The van der Waals surface area contributed by atoms with E-state index >= 15 is 0 Å². The van der Waals surface area contributed by atoms with Gasteiger partial charge in [-0.3, -0.25) is 4.68 Å². The van der Waals surface area contributed by atoms with Gasteiger partial charge < -0.3 is 10.4 Å². The normalized spacial score (nSPS) is 24.9. The van der Waals surface area contributed by atoms with Crippen LogP contribution in [-0.4, -0.2) is 38.5 Å². The number of hydrogen-bond donors (Lipinski definition) is 2. The van der Waals surface area contributed by atoms with Gasteiger partial charge >= 0.3 is 0 Å². The quantitative estimate of drug-likeness (QED) is 0.868. The number of nitrogens with zero attached hydrogens (tertiary/aromatic N) is 2.